The van der Waals surface area contributed by atoms with Gasteiger partial charge in [0.25, 0.3) is 0 Å². The minimum absolute atomic E-state index is 0.260. The van der Waals surface area contributed by atoms with Crippen LogP contribution in [-0.4, -0.2) is 33.6 Å². The highest BCUT2D eigenvalue weighted by atomic mass is 35.5. The van der Waals surface area contributed by atoms with Gasteiger partial charge < -0.3 is 29.9 Å². The number of hydrogen-bond donors (Lipinski definition) is 4. The smallest absolute Gasteiger partial charge is 0.130 e. The van der Waals surface area contributed by atoms with E-state index >= 15 is 0 Å². The number of aliphatic hydroxyl groups is 4. The van der Waals surface area contributed by atoms with E-state index in [9.17, 15) is 20.4 Å². The summed E-state index contributed by atoms with van der Waals surface area (Å²) >= 11 is 11.9. The minimum atomic E-state index is -0.260. The van der Waals surface area contributed by atoms with Crippen molar-refractivity contribution < 1.29 is 29.9 Å². The van der Waals surface area contributed by atoms with Gasteiger partial charge in [0, 0.05) is 38.7 Å². The maximum absolute atomic E-state index is 9.45. The molecule has 0 bridgehead atoms. The highest BCUT2D eigenvalue weighted by Gasteiger charge is 2.13. The highest BCUT2D eigenvalue weighted by molar-refractivity contribution is 6.31. The van der Waals surface area contributed by atoms with Crippen molar-refractivity contribution in [3.8, 4) is 11.5 Å². The van der Waals surface area contributed by atoms with Gasteiger partial charge in [-0.2, -0.15) is 0 Å². The van der Waals surface area contributed by atoms with Crippen LogP contribution in [-0.2, 0) is 26.4 Å². The third kappa shape index (κ3) is 5.72. The monoisotopic (exact) mass is 416 g/mol. The summed E-state index contributed by atoms with van der Waals surface area (Å²) in [5.41, 5.74) is 1.98. The second-order valence-corrected chi connectivity index (χ2v) is 6.66. The van der Waals surface area contributed by atoms with Crippen molar-refractivity contribution >= 4 is 23.2 Å². The Morgan fingerprint density at radius 2 is 0.889 bits per heavy atom. The third-order valence-corrected chi connectivity index (χ3v) is 4.31. The van der Waals surface area contributed by atoms with E-state index in [1.165, 1.54) is 0 Å². The summed E-state index contributed by atoms with van der Waals surface area (Å²) < 4.78 is 11.4. The van der Waals surface area contributed by atoms with Gasteiger partial charge in [0.1, 0.15) is 11.5 Å². The van der Waals surface area contributed by atoms with Gasteiger partial charge in [0.15, 0.2) is 0 Å². The zero-order chi connectivity index (χ0) is 19.8. The molecule has 6 nitrogen and oxygen atoms in total. The predicted octanol–water partition coefficient (Wildman–Crippen LogP) is 2.81. The number of hydrogen-bond acceptors (Lipinski definition) is 6. The van der Waals surface area contributed by atoms with Crippen molar-refractivity contribution in [2.45, 2.75) is 32.8 Å². The van der Waals surface area contributed by atoms with Crippen molar-refractivity contribution in [2.75, 3.05) is 13.2 Å². The number of rotatable bonds is 10. The molecule has 0 amide bonds. The molecule has 0 aromatic heterocycles. The van der Waals surface area contributed by atoms with E-state index in [0.29, 0.717) is 50.2 Å². The maximum Gasteiger partial charge on any atom is 0.130 e. The van der Waals surface area contributed by atoms with Crippen molar-refractivity contribution in [3.05, 3.63) is 56.6 Å². The van der Waals surface area contributed by atoms with Crippen LogP contribution < -0.4 is 9.47 Å². The largest absolute Gasteiger partial charge is 0.493 e. The Kier molecular flexibility index (Phi) is 8.63. The number of halogens is 2. The first-order chi connectivity index (χ1) is 13.0. The average Bonchev–Trinajstić information content (AvgIpc) is 2.68. The van der Waals surface area contributed by atoms with Crippen LogP contribution in [0.1, 0.15) is 28.7 Å². The molecule has 148 valence electrons. The molecule has 8 heteroatoms. The Labute approximate surface area is 167 Å². The molecular formula is C19H22Cl2O6. The highest BCUT2D eigenvalue weighted by Crippen LogP contribution is 2.30. The molecule has 2 aromatic rings. The second kappa shape index (κ2) is 10.7. The maximum atomic E-state index is 9.45. The molecule has 0 aliphatic heterocycles. The van der Waals surface area contributed by atoms with Crippen molar-refractivity contribution in [1.82, 2.24) is 0 Å². The summed E-state index contributed by atoms with van der Waals surface area (Å²) in [6.45, 7) is -0.488. The molecule has 0 radical (unpaired) electrons. The van der Waals surface area contributed by atoms with Crippen LogP contribution >= 0.6 is 23.2 Å². The fourth-order valence-corrected chi connectivity index (χ4v) is 3.20. The summed E-state index contributed by atoms with van der Waals surface area (Å²) in [4.78, 5) is 0. The average molecular weight is 417 g/mol. The van der Waals surface area contributed by atoms with Gasteiger partial charge in [-0.15, -0.1) is 0 Å². The molecule has 0 spiro atoms. The number of benzene rings is 2. The number of aliphatic hydroxyl groups excluding tert-OH is 4. The summed E-state index contributed by atoms with van der Waals surface area (Å²) in [5, 5.41) is 38.6. The zero-order valence-corrected chi connectivity index (χ0v) is 16.1. The van der Waals surface area contributed by atoms with Gasteiger partial charge in [-0.25, -0.2) is 0 Å². The fraction of sp³-hybridized carbons (Fsp3) is 0.368. The van der Waals surface area contributed by atoms with Gasteiger partial charge >= 0.3 is 0 Å². The Balaban J connectivity index is 1.98. The van der Waals surface area contributed by atoms with Crippen LogP contribution in [0.25, 0.3) is 0 Å². The molecule has 0 atom stereocenters. The first-order valence-corrected chi connectivity index (χ1v) is 9.11. The molecule has 0 saturated heterocycles. The van der Waals surface area contributed by atoms with Crippen LogP contribution in [0.4, 0.5) is 0 Å². The lowest BCUT2D eigenvalue weighted by Crippen LogP contribution is -2.10. The first-order valence-electron chi connectivity index (χ1n) is 8.35. The fourth-order valence-electron chi connectivity index (χ4n) is 2.67. The molecule has 0 heterocycles. The van der Waals surface area contributed by atoms with Gasteiger partial charge in [-0.05, 0) is 24.3 Å². The van der Waals surface area contributed by atoms with E-state index in [1.807, 2.05) is 0 Å². The van der Waals surface area contributed by atoms with E-state index in [4.69, 9.17) is 32.7 Å². The predicted molar refractivity (Wildman–Crippen MR) is 102 cm³/mol. The first kappa shape index (κ1) is 21.8. The second-order valence-electron chi connectivity index (χ2n) is 5.79. The lowest BCUT2D eigenvalue weighted by molar-refractivity contribution is 0.216. The lowest BCUT2D eigenvalue weighted by atomic mass is 10.1. The summed E-state index contributed by atoms with van der Waals surface area (Å²) in [6, 6.07) is 6.34. The van der Waals surface area contributed by atoms with E-state index in [2.05, 4.69) is 0 Å². The molecule has 0 fully saturated rings. The zero-order valence-electron chi connectivity index (χ0n) is 14.6. The quantitative estimate of drug-likeness (QED) is 0.444. The summed E-state index contributed by atoms with van der Waals surface area (Å²) in [7, 11) is 0. The van der Waals surface area contributed by atoms with Crippen LogP contribution in [0.5, 0.6) is 11.5 Å². The minimum Gasteiger partial charge on any atom is -0.493 e. The molecule has 27 heavy (non-hydrogen) atoms. The molecule has 2 rings (SSSR count). The lowest BCUT2D eigenvalue weighted by Gasteiger charge is -2.16. The van der Waals surface area contributed by atoms with E-state index in [-0.39, 0.29) is 39.6 Å². The molecule has 0 saturated carbocycles. The van der Waals surface area contributed by atoms with E-state index < -0.39 is 0 Å². The molecule has 2 aromatic carbocycles. The summed E-state index contributed by atoms with van der Waals surface area (Å²) in [6.07, 6.45) is 0.497. The SMILES string of the molecule is OCc1cc(Cl)cc(CO)c1OCCCOc1c(CO)cc(Cl)cc1CO. The standard InChI is InChI=1S/C19H22Cl2O6/c20-16-4-12(8-22)18(13(5-16)9-23)26-2-1-3-27-19-14(10-24)6-17(21)7-15(19)11-25/h4-7,22-25H,1-3,8-11H2. The van der Waals surface area contributed by atoms with Gasteiger partial charge in [-0.3, -0.25) is 0 Å². The van der Waals surface area contributed by atoms with E-state index in [0.717, 1.165) is 0 Å². The Bertz CT molecular complexity index is 652. The normalized spacial score (nSPS) is 10.9. The molecule has 0 aliphatic rings. The van der Waals surface area contributed by atoms with Gasteiger partial charge in [0.2, 0.25) is 0 Å². The Morgan fingerprint density at radius 3 is 1.15 bits per heavy atom. The topological polar surface area (TPSA) is 99.4 Å². The molecular weight excluding hydrogens is 395 g/mol. The third-order valence-electron chi connectivity index (χ3n) is 3.88. The molecule has 4 N–H and O–H groups in total. The van der Waals surface area contributed by atoms with Gasteiger partial charge in [0.05, 0.1) is 39.6 Å². The van der Waals surface area contributed by atoms with Crippen molar-refractivity contribution in [1.29, 1.82) is 0 Å². The van der Waals surface area contributed by atoms with Crippen LogP contribution in [0.2, 0.25) is 10.0 Å². The summed E-state index contributed by atoms with van der Waals surface area (Å²) in [5.74, 6) is 0.811. The van der Waals surface area contributed by atoms with Crippen LogP contribution in [0.15, 0.2) is 24.3 Å². The van der Waals surface area contributed by atoms with E-state index in [1.54, 1.807) is 24.3 Å². The van der Waals surface area contributed by atoms with Crippen LogP contribution in [0, 0.1) is 0 Å². The molecule has 0 aliphatic carbocycles. The van der Waals surface area contributed by atoms with Gasteiger partial charge in [-0.1, -0.05) is 23.2 Å². The molecule has 0 unspecified atom stereocenters. The van der Waals surface area contributed by atoms with Crippen molar-refractivity contribution in [3.63, 3.8) is 0 Å². The van der Waals surface area contributed by atoms with Crippen LogP contribution in [0.3, 0.4) is 0 Å². The number of ether oxygens (including phenoxy) is 2. The van der Waals surface area contributed by atoms with Crippen molar-refractivity contribution in [2.24, 2.45) is 0 Å². The Morgan fingerprint density at radius 1 is 0.593 bits per heavy atom. The Hall–Kier alpha value is -1.54.